The Kier molecular flexibility index (Phi) is 22.7. The van der Waals surface area contributed by atoms with Crippen LogP contribution in [0.4, 0.5) is 91.0 Å². The number of non-ortho nitro benzene ring substituents is 1. The highest BCUT2D eigenvalue weighted by Crippen LogP contribution is 2.43. The Morgan fingerprint density at radius 3 is 0.771 bits per heavy atom. The van der Waals surface area contributed by atoms with Gasteiger partial charge < -0.3 is 29.4 Å². The Morgan fingerprint density at radius 2 is 0.458 bits per heavy atom. The van der Waals surface area contributed by atoms with E-state index in [1.807, 2.05) is 111 Å². The van der Waals surface area contributed by atoms with Crippen molar-refractivity contribution in [2.45, 2.75) is 0 Å². The highest BCUT2D eigenvalue weighted by atomic mass is 16.6. The van der Waals surface area contributed by atoms with Crippen molar-refractivity contribution >= 4 is 123 Å². The molecule has 18 aromatic rings. The minimum atomic E-state index is -0.370. The summed E-state index contributed by atoms with van der Waals surface area (Å²) in [5.41, 5.74) is 24.0. The van der Waals surface area contributed by atoms with Gasteiger partial charge in [-0.15, -0.1) is 0 Å². The van der Waals surface area contributed by atoms with Gasteiger partial charge in [-0.3, -0.25) is 10.1 Å². The predicted octanol–water partition coefficient (Wildman–Crippen LogP) is 28.9. The number of fused-ring (bicyclic) bond motifs is 3. The highest BCUT2D eigenvalue weighted by Gasteiger charge is 2.20. The number of nitriles is 2. The molecule has 0 N–H and O–H groups in total. The van der Waals surface area contributed by atoms with Crippen LogP contribution in [0.3, 0.4) is 0 Å². The molecule has 0 aromatic heterocycles. The van der Waals surface area contributed by atoms with E-state index >= 15 is 0 Å². The second-order valence-corrected chi connectivity index (χ2v) is 28.7. The lowest BCUT2D eigenvalue weighted by atomic mass is 10.0. The van der Waals surface area contributed by atoms with Crippen molar-refractivity contribution in [2.75, 3.05) is 50.5 Å². The van der Waals surface area contributed by atoms with Crippen molar-refractivity contribution in [1.29, 1.82) is 10.5 Å². The van der Waals surface area contributed by atoms with Crippen LogP contribution < -0.4 is 29.4 Å². The average molecular weight is 1520 g/mol. The number of hydrogen-bond donors (Lipinski definition) is 0. The molecule has 0 saturated carbocycles. The summed E-state index contributed by atoms with van der Waals surface area (Å²) in [7, 11) is 5.98. The van der Waals surface area contributed by atoms with Gasteiger partial charge in [0.15, 0.2) is 0 Å². The van der Waals surface area contributed by atoms with Crippen LogP contribution in [0.1, 0.15) is 11.1 Å². The molecule has 566 valence electrons. The molecule has 0 amide bonds. The zero-order valence-corrected chi connectivity index (χ0v) is 65.4. The number of rotatable bonds is 19. The Bertz CT molecular complexity index is 6580. The number of nitro benzene ring substituents is 1. The quantitative estimate of drug-likeness (QED) is 0.0573. The molecule has 18 aromatic carbocycles. The zero-order valence-electron chi connectivity index (χ0n) is 65.4. The summed E-state index contributed by atoms with van der Waals surface area (Å²) in [4.78, 5) is 23.9. The summed E-state index contributed by atoms with van der Waals surface area (Å²) in [6.07, 6.45) is 0. The molecule has 118 heavy (non-hydrogen) atoms. The summed E-state index contributed by atoms with van der Waals surface area (Å²) in [5.74, 6) is 0. The van der Waals surface area contributed by atoms with Crippen LogP contribution in [0.2, 0.25) is 0 Å². The first-order valence-electron chi connectivity index (χ1n) is 39.1. The topological polar surface area (TPSA) is 110 Å². The van der Waals surface area contributed by atoms with Crippen LogP contribution in [0.25, 0.3) is 65.7 Å². The molecular weight excluding hydrogens is 1440 g/mol. The van der Waals surface area contributed by atoms with Gasteiger partial charge in [0.05, 0.1) is 28.2 Å². The summed E-state index contributed by atoms with van der Waals surface area (Å²) in [6.45, 7) is 0. The minimum Gasteiger partial charge on any atom is -0.345 e. The van der Waals surface area contributed by atoms with E-state index in [0.717, 1.165) is 90.9 Å². The fourth-order valence-electron chi connectivity index (χ4n) is 14.9. The predicted molar refractivity (Wildman–Crippen MR) is 492 cm³/mol. The molecule has 0 aliphatic heterocycles. The van der Waals surface area contributed by atoms with Crippen LogP contribution in [0.15, 0.2) is 437 Å². The first-order valence-corrected chi connectivity index (χ1v) is 39.1. The molecule has 0 unspecified atom stereocenters. The zero-order chi connectivity index (χ0) is 80.7. The van der Waals surface area contributed by atoms with Crippen LogP contribution in [0, 0.1) is 32.8 Å². The Labute approximate surface area is 688 Å². The van der Waals surface area contributed by atoms with Gasteiger partial charge >= 0.3 is 0 Å². The van der Waals surface area contributed by atoms with Crippen molar-refractivity contribution in [2.24, 2.45) is 0 Å². The number of benzene rings is 18. The Hall–Kier alpha value is -16.1. The second kappa shape index (κ2) is 35.3. The number of anilines is 15. The highest BCUT2D eigenvalue weighted by molar-refractivity contribution is 5.93. The molecular formula is C107H81N9O2. The smallest absolute Gasteiger partial charge is 0.271 e. The van der Waals surface area contributed by atoms with E-state index in [-0.39, 0.29) is 10.6 Å². The molecule has 0 fully saturated rings. The van der Waals surface area contributed by atoms with Gasteiger partial charge in [0.1, 0.15) is 0 Å². The van der Waals surface area contributed by atoms with Crippen LogP contribution >= 0.6 is 0 Å². The molecule has 11 nitrogen and oxygen atoms in total. The lowest BCUT2D eigenvalue weighted by molar-refractivity contribution is -0.384. The largest absolute Gasteiger partial charge is 0.345 e. The number of nitrogens with zero attached hydrogens (tertiary/aromatic N) is 9. The number of nitro groups is 1. The molecule has 0 atom stereocenters. The molecule has 0 bridgehead atoms. The third-order valence-corrected chi connectivity index (χ3v) is 21.3. The molecule has 18 rings (SSSR count). The van der Waals surface area contributed by atoms with Gasteiger partial charge in [0.25, 0.3) is 5.69 Å². The fourth-order valence-corrected chi connectivity index (χ4v) is 14.9. The Balaban J connectivity index is 0.000000132. The Morgan fingerprint density at radius 1 is 0.212 bits per heavy atom. The third kappa shape index (κ3) is 17.3. The molecule has 11 heteroatoms. The molecule has 0 spiro atoms. The minimum absolute atomic E-state index is 0.0717. The summed E-state index contributed by atoms with van der Waals surface area (Å²) in [5, 5.41) is 36.9. The van der Waals surface area contributed by atoms with Gasteiger partial charge in [0.2, 0.25) is 0 Å². The van der Waals surface area contributed by atoms with Crippen molar-refractivity contribution in [3.8, 4) is 45.5 Å². The van der Waals surface area contributed by atoms with E-state index in [1.165, 1.54) is 66.2 Å². The van der Waals surface area contributed by atoms with E-state index in [2.05, 4.69) is 370 Å². The first-order chi connectivity index (χ1) is 57.9. The van der Waals surface area contributed by atoms with E-state index < -0.39 is 0 Å². The molecule has 0 saturated heterocycles. The fraction of sp³-hybridized carbons (Fsp3) is 0.0280. The maximum absolute atomic E-state index is 11.3. The van der Waals surface area contributed by atoms with Gasteiger partial charge in [-0.05, 0) is 260 Å². The second-order valence-electron chi connectivity index (χ2n) is 28.7. The normalized spacial score (nSPS) is 10.7. The SMILES string of the molecule is CN(c1ccc(C#N)cc1)c1ccc(N(c2ccc(-c3ccccc3)cc2)c2ccc3ccccc3c2)cc1.CN(c1ccc(N(c2ccc(-c3ccccc3)cc2)c2ccc3ccccc3c2)cc1)c1cccc(C#N)c1.CN(c1ccc(N(c2ccc(-c3ccccc3)cc2)c2ccc3ccccc3c2)cc1)c1cccc([N+](=O)[O-])c1. The summed E-state index contributed by atoms with van der Waals surface area (Å²) < 4.78 is 0. The lowest BCUT2D eigenvalue weighted by Gasteiger charge is -2.27. The van der Waals surface area contributed by atoms with Crippen molar-refractivity contribution in [3.63, 3.8) is 0 Å². The maximum Gasteiger partial charge on any atom is 0.271 e. The molecule has 0 aliphatic rings. The van der Waals surface area contributed by atoms with E-state index in [0.29, 0.717) is 11.1 Å². The van der Waals surface area contributed by atoms with Gasteiger partial charge in [-0.25, -0.2) is 0 Å². The maximum atomic E-state index is 11.3. The lowest BCUT2D eigenvalue weighted by Crippen LogP contribution is -2.12. The van der Waals surface area contributed by atoms with Gasteiger partial charge in [0, 0.05) is 119 Å². The molecule has 0 heterocycles. The molecule has 0 radical (unpaired) electrons. The van der Waals surface area contributed by atoms with Crippen LogP contribution in [-0.4, -0.2) is 26.1 Å². The van der Waals surface area contributed by atoms with Crippen LogP contribution in [0.5, 0.6) is 0 Å². The summed E-state index contributed by atoms with van der Waals surface area (Å²) in [6, 6.07) is 154. The van der Waals surface area contributed by atoms with E-state index in [9.17, 15) is 15.4 Å². The van der Waals surface area contributed by atoms with Crippen molar-refractivity contribution in [3.05, 3.63) is 458 Å². The van der Waals surface area contributed by atoms with E-state index in [1.54, 1.807) is 12.1 Å². The van der Waals surface area contributed by atoms with E-state index in [4.69, 9.17) is 5.26 Å². The first kappa shape index (κ1) is 75.9. The molecule has 0 aliphatic carbocycles. The standard InChI is InChI=1S/2C36H27N3.C35H27N3O2/c1-38(35-13-7-8-27(24-35)26-37)32-20-22-34(23-21-32)39(36-19-16-29-11-5-6-12-31(29)25-36)33-17-14-30(15-18-33)28-9-3-2-4-10-28;1-38(32-16-11-27(26-37)12-17-32)33-21-23-35(24-22-33)39(36-20-15-29-9-5-6-10-31(29)25-36)34-18-13-30(14-19-34)28-7-3-2-4-8-28;1-36(33-12-7-13-35(25-33)38(39)40)30-20-22-32(23-21-30)37(34-19-16-27-10-5-6-11-29(27)24-34)31-17-14-28(15-18-31)26-8-3-2-4-9-26/h2*2-25H,1H3;2-25H,1H3. The van der Waals surface area contributed by atoms with Crippen LogP contribution in [-0.2, 0) is 0 Å². The average Bonchev–Trinajstić information content (AvgIpc) is 0.792. The monoisotopic (exact) mass is 1520 g/mol. The van der Waals surface area contributed by atoms with Crippen molar-refractivity contribution in [1.82, 2.24) is 0 Å². The van der Waals surface area contributed by atoms with Gasteiger partial charge in [-0.2, -0.15) is 10.5 Å². The van der Waals surface area contributed by atoms with Gasteiger partial charge in [-0.1, -0.05) is 231 Å². The van der Waals surface area contributed by atoms with Crippen molar-refractivity contribution < 1.29 is 4.92 Å². The number of hydrogen-bond acceptors (Lipinski definition) is 10. The third-order valence-electron chi connectivity index (χ3n) is 21.3. The summed E-state index contributed by atoms with van der Waals surface area (Å²) >= 11 is 0.